The van der Waals surface area contributed by atoms with Gasteiger partial charge in [0.1, 0.15) is 0 Å². The monoisotopic (exact) mass is 282 g/mol. The van der Waals surface area contributed by atoms with Crippen LogP contribution in [-0.4, -0.2) is 36.5 Å². The van der Waals surface area contributed by atoms with Gasteiger partial charge in [-0.15, -0.1) is 0 Å². The molecule has 1 saturated heterocycles. The van der Waals surface area contributed by atoms with Crippen molar-refractivity contribution in [2.45, 2.75) is 32.1 Å². The zero-order valence-corrected chi connectivity index (χ0v) is 11.7. The van der Waals surface area contributed by atoms with Crippen LogP contribution in [0.5, 0.6) is 0 Å². The van der Waals surface area contributed by atoms with Gasteiger partial charge in [-0.2, -0.15) is 0 Å². The second kappa shape index (κ2) is 6.20. The minimum absolute atomic E-state index is 0.128. The van der Waals surface area contributed by atoms with Gasteiger partial charge < -0.3 is 10.2 Å². The van der Waals surface area contributed by atoms with Crippen LogP contribution in [0, 0.1) is 6.92 Å². The molecule has 1 aromatic rings. The maximum absolute atomic E-state index is 13.0. The summed E-state index contributed by atoms with van der Waals surface area (Å²) in [7, 11) is 0. The molecule has 0 aromatic heterocycles. The van der Waals surface area contributed by atoms with Gasteiger partial charge in [-0.25, -0.2) is 13.6 Å². The van der Waals surface area contributed by atoms with Gasteiger partial charge in [-0.1, -0.05) is 29.8 Å². The van der Waals surface area contributed by atoms with Gasteiger partial charge in [0.25, 0.3) is 5.92 Å². The fraction of sp³-hybridized carbons (Fsp3) is 0.533. The number of benzene rings is 1. The zero-order chi connectivity index (χ0) is 14.6. The average Bonchev–Trinajstić information content (AvgIpc) is 2.38. The van der Waals surface area contributed by atoms with Crippen molar-refractivity contribution in [3.63, 3.8) is 0 Å². The number of piperidine rings is 1. The Bertz CT molecular complexity index is 467. The summed E-state index contributed by atoms with van der Waals surface area (Å²) >= 11 is 0. The zero-order valence-electron chi connectivity index (χ0n) is 11.7. The van der Waals surface area contributed by atoms with Crippen molar-refractivity contribution < 1.29 is 13.6 Å². The van der Waals surface area contributed by atoms with Crippen molar-refractivity contribution in [2.75, 3.05) is 19.6 Å². The summed E-state index contributed by atoms with van der Waals surface area (Å²) < 4.78 is 26.0. The Morgan fingerprint density at radius 2 is 2.05 bits per heavy atom. The molecule has 2 amide bonds. The van der Waals surface area contributed by atoms with Crippen LogP contribution in [0.4, 0.5) is 13.6 Å². The lowest BCUT2D eigenvalue weighted by molar-refractivity contribution is -0.0469. The minimum atomic E-state index is -2.61. The Morgan fingerprint density at radius 3 is 2.70 bits per heavy atom. The molecule has 0 bridgehead atoms. The molecule has 1 aromatic carbocycles. The van der Waals surface area contributed by atoms with Crippen molar-refractivity contribution in [2.24, 2.45) is 0 Å². The third-order valence-corrected chi connectivity index (χ3v) is 3.55. The second-order valence-electron chi connectivity index (χ2n) is 5.31. The van der Waals surface area contributed by atoms with E-state index in [0.717, 1.165) is 12.0 Å². The van der Waals surface area contributed by atoms with Gasteiger partial charge in [0.15, 0.2) is 0 Å². The highest BCUT2D eigenvalue weighted by Gasteiger charge is 2.35. The van der Waals surface area contributed by atoms with E-state index in [-0.39, 0.29) is 32.0 Å². The lowest BCUT2D eigenvalue weighted by Crippen LogP contribution is -2.47. The molecule has 1 fully saturated rings. The molecular formula is C15H20F2N2O. The number of nitrogens with one attached hydrogen (secondary N) is 1. The van der Waals surface area contributed by atoms with E-state index in [4.69, 9.17) is 0 Å². The standard InChI is InChI=1S/C15H20F2N2O/c1-12-3-2-4-13(11-12)5-8-18-14(20)19-9-6-15(16,17)7-10-19/h2-4,11H,5-10H2,1H3,(H,18,20). The predicted molar refractivity (Wildman–Crippen MR) is 74.0 cm³/mol. The maximum Gasteiger partial charge on any atom is 0.317 e. The Kier molecular flexibility index (Phi) is 4.57. The summed E-state index contributed by atoms with van der Waals surface area (Å²) in [6.07, 6.45) is 0.272. The van der Waals surface area contributed by atoms with E-state index in [2.05, 4.69) is 11.4 Å². The van der Waals surface area contributed by atoms with Gasteiger partial charge in [0.05, 0.1) is 0 Å². The van der Waals surface area contributed by atoms with E-state index in [1.165, 1.54) is 10.5 Å². The van der Waals surface area contributed by atoms with Crippen molar-refractivity contribution in [3.05, 3.63) is 35.4 Å². The van der Waals surface area contributed by atoms with E-state index >= 15 is 0 Å². The van der Waals surface area contributed by atoms with Gasteiger partial charge in [-0.3, -0.25) is 0 Å². The molecule has 0 aliphatic carbocycles. The number of urea groups is 1. The van der Waals surface area contributed by atoms with E-state index < -0.39 is 5.92 Å². The largest absolute Gasteiger partial charge is 0.338 e. The smallest absolute Gasteiger partial charge is 0.317 e. The summed E-state index contributed by atoms with van der Waals surface area (Å²) in [6.45, 7) is 2.80. The first-order valence-electron chi connectivity index (χ1n) is 6.92. The van der Waals surface area contributed by atoms with Crippen LogP contribution >= 0.6 is 0 Å². The van der Waals surface area contributed by atoms with Gasteiger partial charge >= 0.3 is 6.03 Å². The molecule has 0 spiro atoms. The maximum atomic E-state index is 13.0. The Morgan fingerprint density at radius 1 is 1.35 bits per heavy atom. The number of amides is 2. The molecule has 1 aliphatic heterocycles. The molecule has 1 N–H and O–H groups in total. The highest BCUT2D eigenvalue weighted by Crippen LogP contribution is 2.27. The third-order valence-electron chi connectivity index (χ3n) is 3.55. The molecule has 3 nitrogen and oxygen atoms in total. The second-order valence-corrected chi connectivity index (χ2v) is 5.31. The molecule has 0 saturated carbocycles. The summed E-state index contributed by atoms with van der Waals surface area (Å²) in [5.74, 6) is -2.61. The molecular weight excluding hydrogens is 262 g/mol. The van der Waals surface area contributed by atoms with Crippen molar-refractivity contribution in [1.82, 2.24) is 10.2 Å². The SMILES string of the molecule is Cc1cccc(CCNC(=O)N2CCC(F)(F)CC2)c1. The number of carbonyl (C=O) groups excluding carboxylic acids is 1. The molecule has 0 unspecified atom stereocenters. The topological polar surface area (TPSA) is 32.3 Å². The van der Waals surface area contributed by atoms with Crippen LogP contribution < -0.4 is 5.32 Å². The number of hydrogen-bond acceptors (Lipinski definition) is 1. The fourth-order valence-corrected chi connectivity index (χ4v) is 2.33. The van der Waals surface area contributed by atoms with E-state index in [0.29, 0.717) is 6.54 Å². The number of hydrogen-bond donors (Lipinski definition) is 1. The number of carbonyl (C=O) groups is 1. The van der Waals surface area contributed by atoms with Crippen LogP contribution in [0.2, 0.25) is 0 Å². The minimum Gasteiger partial charge on any atom is -0.338 e. The normalized spacial score (nSPS) is 17.9. The number of nitrogens with zero attached hydrogens (tertiary/aromatic N) is 1. The van der Waals surface area contributed by atoms with Crippen LogP contribution in [0.3, 0.4) is 0 Å². The summed E-state index contributed by atoms with van der Waals surface area (Å²) in [5, 5.41) is 2.79. The molecule has 0 atom stereocenters. The van der Waals surface area contributed by atoms with Crippen LogP contribution in [0.1, 0.15) is 24.0 Å². The fourth-order valence-electron chi connectivity index (χ4n) is 2.33. The van der Waals surface area contributed by atoms with Crippen LogP contribution in [0.25, 0.3) is 0 Å². The average molecular weight is 282 g/mol. The third kappa shape index (κ3) is 4.18. The van der Waals surface area contributed by atoms with Crippen LogP contribution in [0.15, 0.2) is 24.3 Å². The Labute approximate surface area is 118 Å². The molecule has 1 heterocycles. The van der Waals surface area contributed by atoms with Gasteiger partial charge in [0.2, 0.25) is 0 Å². The first-order chi connectivity index (χ1) is 9.46. The van der Waals surface area contributed by atoms with Crippen LogP contribution in [-0.2, 0) is 6.42 Å². The number of alkyl halides is 2. The number of halogens is 2. The summed E-state index contributed by atoms with van der Waals surface area (Å²) in [4.78, 5) is 13.3. The summed E-state index contributed by atoms with van der Waals surface area (Å²) in [5.41, 5.74) is 2.35. The van der Waals surface area contributed by atoms with E-state index in [1.54, 1.807) is 0 Å². The van der Waals surface area contributed by atoms with E-state index in [1.807, 2.05) is 25.1 Å². The predicted octanol–water partition coefficient (Wildman–Crippen LogP) is 2.98. The summed E-state index contributed by atoms with van der Waals surface area (Å²) in [6, 6.07) is 7.86. The molecule has 110 valence electrons. The van der Waals surface area contributed by atoms with Gasteiger partial charge in [0, 0.05) is 32.5 Å². The molecule has 0 radical (unpaired) electrons. The molecule has 2 rings (SSSR count). The molecule has 20 heavy (non-hydrogen) atoms. The van der Waals surface area contributed by atoms with E-state index in [9.17, 15) is 13.6 Å². The van der Waals surface area contributed by atoms with Crippen molar-refractivity contribution in [1.29, 1.82) is 0 Å². The Balaban J connectivity index is 1.73. The number of rotatable bonds is 3. The highest BCUT2D eigenvalue weighted by molar-refractivity contribution is 5.74. The first kappa shape index (κ1) is 14.8. The number of likely N-dealkylation sites (tertiary alicyclic amines) is 1. The Hall–Kier alpha value is -1.65. The van der Waals surface area contributed by atoms with Gasteiger partial charge in [-0.05, 0) is 18.9 Å². The lowest BCUT2D eigenvalue weighted by Gasteiger charge is -2.31. The highest BCUT2D eigenvalue weighted by atomic mass is 19.3. The lowest BCUT2D eigenvalue weighted by atomic mass is 10.1. The molecule has 1 aliphatic rings. The first-order valence-corrected chi connectivity index (χ1v) is 6.92. The number of aryl methyl sites for hydroxylation is 1. The quantitative estimate of drug-likeness (QED) is 0.908. The van der Waals surface area contributed by atoms with Crippen molar-refractivity contribution >= 4 is 6.03 Å². The molecule has 5 heteroatoms. The van der Waals surface area contributed by atoms with Crippen molar-refractivity contribution in [3.8, 4) is 0 Å².